The molecule has 1 unspecified atom stereocenters. The van der Waals surface area contributed by atoms with Crippen LogP contribution >= 0.6 is 0 Å². The first kappa shape index (κ1) is 11.0. The fraction of sp³-hybridized carbons (Fsp3) is 0.167. The first-order valence-corrected chi connectivity index (χ1v) is 4.52. The van der Waals surface area contributed by atoms with Gasteiger partial charge in [-0.1, -0.05) is 30.3 Å². The maximum atomic E-state index is 10.9. The summed E-state index contributed by atoms with van der Waals surface area (Å²) >= 11 is 0. The highest BCUT2D eigenvalue weighted by Gasteiger charge is 2.09. The number of esters is 1. The van der Waals surface area contributed by atoms with Crippen molar-refractivity contribution in [3.8, 4) is 6.07 Å². The summed E-state index contributed by atoms with van der Waals surface area (Å²) in [7, 11) is 0. The number of hydrogen-bond acceptors (Lipinski definition) is 3. The smallest absolute Gasteiger partial charge is 0.303 e. The fourth-order valence-electron chi connectivity index (χ4n) is 1.17. The molecule has 0 aliphatic heterocycles. The van der Waals surface area contributed by atoms with Crippen LogP contribution in [0.3, 0.4) is 0 Å². The van der Waals surface area contributed by atoms with Crippen molar-refractivity contribution in [3.63, 3.8) is 0 Å². The summed E-state index contributed by atoms with van der Waals surface area (Å²) < 4.78 is 5.06. The molecule has 0 saturated heterocycles. The van der Waals surface area contributed by atoms with Gasteiger partial charge in [0.05, 0.1) is 6.07 Å². The molecule has 0 amide bonds. The van der Waals surface area contributed by atoms with E-state index in [-0.39, 0.29) is 5.97 Å². The van der Waals surface area contributed by atoms with Crippen LogP contribution < -0.4 is 0 Å². The van der Waals surface area contributed by atoms with Gasteiger partial charge in [-0.3, -0.25) is 4.79 Å². The standard InChI is InChI=1S/C12H11NO2/c1-10(14)15-12(8-5-9-13)11-6-3-2-4-7-11/h2-8,12H,1H3/b8-5+. The third-order valence-electron chi connectivity index (χ3n) is 1.77. The molecule has 0 bridgehead atoms. The monoisotopic (exact) mass is 201 g/mol. The van der Waals surface area contributed by atoms with Gasteiger partial charge in [0.15, 0.2) is 0 Å². The van der Waals surface area contributed by atoms with E-state index in [0.29, 0.717) is 0 Å². The van der Waals surface area contributed by atoms with Crippen LogP contribution in [0.5, 0.6) is 0 Å². The van der Waals surface area contributed by atoms with Gasteiger partial charge in [-0.15, -0.1) is 0 Å². The predicted octanol–water partition coefficient (Wildman–Crippen LogP) is 2.37. The topological polar surface area (TPSA) is 50.1 Å². The molecule has 0 aliphatic rings. The molecule has 0 saturated carbocycles. The predicted molar refractivity (Wildman–Crippen MR) is 55.7 cm³/mol. The van der Waals surface area contributed by atoms with Crippen LogP contribution in [0.15, 0.2) is 42.5 Å². The lowest BCUT2D eigenvalue weighted by Crippen LogP contribution is -2.05. The van der Waals surface area contributed by atoms with E-state index >= 15 is 0 Å². The lowest BCUT2D eigenvalue weighted by molar-refractivity contribution is -0.144. The molecule has 3 nitrogen and oxygen atoms in total. The molecule has 0 aromatic heterocycles. The van der Waals surface area contributed by atoms with Gasteiger partial charge in [-0.2, -0.15) is 5.26 Å². The van der Waals surface area contributed by atoms with Crippen molar-refractivity contribution < 1.29 is 9.53 Å². The fourth-order valence-corrected chi connectivity index (χ4v) is 1.17. The van der Waals surface area contributed by atoms with Gasteiger partial charge in [0.25, 0.3) is 0 Å². The second-order valence-corrected chi connectivity index (χ2v) is 2.93. The largest absolute Gasteiger partial charge is 0.453 e. The van der Waals surface area contributed by atoms with Crippen LogP contribution in [0.4, 0.5) is 0 Å². The van der Waals surface area contributed by atoms with E-state index in [1.165, 1.54) is 13.0 Å². The second kappa shape index (κ2) is 5.61. The highest BCUT2D eigenvalue weighted by atomic mass is 16.5. The summed E-state index contributed by atoms with van der Waals surface area (Å²) in [5.74, 6) is -0.369. The van der Waals surface area contributed by atoms with E-state index in [0.717, 1.165) is 5.56 Å². The average Bonchev–Trinajstić information content (AvgIpc) is 2.25. The molecule has 0 aliphatic carbocycles. The zero-order valence-electron chi connectivity index (χ0n) is 8.38. The lowest BCUT2D eigenvalue weighted by atomic mass is 10.1. The van der Waals surface area contributed by atoms with Crippen molar-refractivity contribution in [2.45, 2.75) is 13.0 Å². The van der Waals surface area contributed by atoms with Crippen molar-refractivity contribution in [1.29, 1.82) is 5.26 Å². The number of nitriles is 1. The Morgan fingerprint density at radius 2 is 2.13 bits per heavy atom. The Hall–Kier alpha value is -2.08. The van der Waals surface area contributed by atoms with Gasteiger partial charge in [0.1, 0.15) is 6.10 Å². The molecule has 1 aromatic carbocycles. The minimum atomic E-state index is -0.483. The summed E-state index contributed by atoms with van der Waals surface area (Å²) in [6.07, 6.45) is 2.38. The summed E-state index contributed by atoms with van der Waals surface area (Å²) in [6.45, 7) is 1.34. The number of rotatable bonds is 3. The van der Waals surface area contributed by atoms with E-state index in [2.05, 4.69) is 0 Å². The number of carbonyl (C=O) groups excluding carboxylic acids is 1. The molecule has 1 atom stereocenters. The molecule has 0 fully saturated rings. The maximum absolute atomic E-state index is 10.9. The van der Waals surface area contributed by atoms with Crippen molar-refractivity contribution in [3.05, 3.63) is 48.0 Å². The van der Waals surface area contributed by atoms with Crippen LogP contribution in [-0.2, 0) is 9.53 Å². The maximum Gasteiger partial charge on any atom is 0.303 e. The zero-order chi connectivity index (χ0) is 11.1. The van der Waals surface area contributed by atoms with E-state index < -0.39 is 6.10 Å². The molecule has 15 heavy (non-hydrogen) atoms. The zero-order valence-corrected chi connectivity index (χ0v) is 8.38. The SMILES string of the molecule is CC(=O)OC(/C=C/C#N)c1ccccc1. The van der Waals surface area contributed by atoms with E-state index in [1.807, 2.05) is 36.4 Å². The van der Waals surface area contributed by atoms with Gasteiger partial charge in [-0.05, 0) is 11.6 Å². The quantitative estimate of drug-likeness (QED) is 0.557. The molecule has 1 rings (SSSR count). The summed E-state index contributed by atoms with van der Waals surface area (Å²) in [5.41, 5.74) is 0.846. The molecule has 0 spiro atoms. The van der Waals surface area contributed by atoms with Crippen LogP contribution in [0.2, 0.25) is 0 Å². The number of ether oxygens (including phenoxy) is 1. The number of carbonyl (C=O) groups is 1. The Bertz CT molecular complexity index is 390. The molecular weight excluding hydrogens is 190 g/mol. The summed E-state index contributed by atoms with van der Waals surface area (Å²) in [5, 5.41) is 8.42. The molecule has 76 valence electrons. The normalized spacial score (nSPS) is 12.0. The molecule has 0 N–H and O–H groups in total. The van der Waals surface area contributed by atoms with Gasteiger partial charge >= 0.3 is 5.97 Å². The van der Waals surface area contributed by atoms with Crippen molar-refractivity contribution in [2.75, 3.05) is 0 Å². The number of nitrogens with zero attached hydrogens (tertiary/aromatic N) is 1. The lowest BCUT2D eigenvalue weighted by Gasteiger charge is -2.12. The van der Waals surface area contributed by atoms with Gasteiger partial charge in [0, 0.05) is 13.0 Å². The van der Waals surface area contributed by atoms with E-state index in [1.54, 1.807) is 6.08 Å². The van der Waals surface area contributed by atoms with Gasteiger partial charge in [-0.25, -0.2) is 0 Å². The number of benzene rings is 1. The Balaban J connectivity index is 2.87. The average molecular weight is 201 g/mol. The van der Waals surface area contributed by atoms with Crippen LogP contribution in [0, 0.1) is 11.3 Å². The second-order valence-electron chi connectivity index (χ2n) is 2.93. The minimum absolute atomic E-state index is 0.369. The van der Waals surface area contributed by atoms with Crippen molar-refractivity contribution >= 4 is 5.97 Å². The molecule has 0 radical (unpaired) electrons. The van der Waals surface area contributed by atoms with E-state index in [4.69, 9.17) is 10.00 Å². The van der Waals surface area contributed by atoms with Crippen molar-refractivity contribution in [1.82, 2.24) is 0 Å². The van der Waals surface area contributed by atoms with Gasteiger partial charge < -0.3 is 4.74 Å². The number of hydrogen-bond donors (Lipinski definition) is 0. The van der Waals surface area contributed by atoms with Crippen LogP contribution in [-0.4, -0.2) is 5.97 Å². The Labute approximate surface area is 88.6 Å². The van der Waals surface area contributed by atoms with Crippen molar-refractivity contribution in [2.24, 2.45) is 0 Å². The third-order valence-corrected chi connectivity index (χ3v) is 1.77. The third kappa shape index (κ3) is 3.65. The summed E-state index contributed by atoms with van der Waals surface area (Å²) in [6, 6.07) is 11.1. The van der Waals surface area contributed by atoms with E-state index in [9.17, 15) is 4.79 Å². The molecule has 1 aromatic rings. The highest BCUT2D eigenvalue weighted by Crippen LogP contribution is 2.18. The minimum Gasteiger partial charge on any atom is -0.453 e. The highest BCUT2D eigenvalue weighted by molar-refractivity contribution is 5.66. The number of allylic oxidation sites excluding steroid dienone is 1. The Kier molecular flexibility index (Phi) is 4.11. The van der Waals surface area contributed by atoms with Crippen LogP contribution in [0.1, 0.15) is 18.6 Å². The molecular formula is C12H11NO2. The summed E-state index contributed by atoms with van der Waals surface area (Å²) in [4.78, 5) is 10.9. The van der Waals surface area contributed by atoms with Crippen LogP contribution in [0.25, 0.3) is 0 Å². The Morgan fingerprint density at radius 3 is 2.67 bits per heavy atom. The Morgan fingerprint density at radius 1 is 1.47 bits per heavy atom. The first-order valence-electron chi connectivity index (χ1n) is 4.52. The molecule has 3 heteroatoms. The van der Waals surface area contributed by atoms with Gasteiger partial charge in [0.2, 0.25) is 0 Å². The molecule has 0 heterocycles. The first-order chi connectivity index (χ1) is 7.24.